The lowest BCUT2D eigenvalue weighted by Gasteiger charge is -2.10. The van der Waals surface area contributed by atoms with Crippen LogP contribution in [0.4, 0.5) is 22.0 Å². The van der Waals surface area contributed by atoms with E-state index in [0.29, 0.717) is 6.07 Å². The maximum Gasteiger partial charge on any atom is 0.416 e. The molecule has 0 bridgehead atoms. The zero-order valence-corrected chi connectivity index (χ0v) is 13.9. The fraction of sp³-hybridized carbons (Fsp3) is 0.222. The van der Waals surface area contributed by atoms with E-state index in [9.17, 15) is 31.5 Å². The molecule has 0 atom stereocenters. The second-order valence-corrected chi connectivity index (χ2v) is 5.60. The highest BCUT2D eigenvalue weighted by atomic mass is 19.4. The van der Waals surface area contributed by atoms with E-state index in [0.717, 1.165) is 24.3 Å². The molecule has 2 rings (SSSR count). The molecule has 0 radical (unpaired) electrons. The normalized spacial score (nSPS) is 11.1. The summed E-state index contributed by atoms with van der Waals surface area (Å²) in [5.41, 5.74) is -0.904. The van der Waals surface area contributed by atoms with Crippen LogP contribution in [0.25, 0.3) is 0 Å². The first kappa shape index (κ1) is 20.3. The van der Waals surface area contributed by atoms with Crippen LogP contribution < -0.4 is 10.6 Å². The predicted molar refractivity (Wildman–Crippen MR) is 86.6 cm³/mol. The number of carbonyl (C=O) groups excluding carboxylic acids is 2. The summed E-state index contributed by atoms with van der Waals surface area (Å²) in [4.78, 5) is 23.5. The summed E-state index contributed by atoms with van der Waals surface area (Å²) in [6.07, 6.45) is -4.63. The van der Waals surface area contributed by atoms with Crippen molar-refractivity contribution in [2.24, 2.45) is 0 Å². The first-order valence-corrected chi connectivity index (χ1v) is 7.83. The molecule has 9 heteroatoms. The Bertz CT molecular complexity index is 837. The zero-order chi connectivity index (χ0) is 20.0. The second-order valence-electron chi connectivity index (χ2n) is 5.60. The van der Waals surface area contributed by atoms with Gasteiger partial charge in [-0.15, -0.1) is 0 Å². The molecule has 0 saturated heterocycles. The molecule has 0 saturated carbocycles. The number of hydrogen-bond donors (Lipinski definition) is 2. The van der Waals surface area contributed by atoms with Gasteiger partial charge in [-0.25, -0.2) is 8.78 Å². The molecule has 0 aliphatic heterocycles. The molecule has 144 valence electrons. The maximum absolute atomic E-state index is 13.5. The minimum atomic E-state index is -4.47. The first-order valence-electron chi connectivity index (χ1n) is 7.83. The Kier molecular flexibility index (Phi) is 6.49. The van der Waals surface area contributed by atoms with Crippen LogP contribution in [0.3, 0.4) is 0 Å². The molecule has 0 aromatic heterocycles. The van der Waals surface area contributed by atoms with Gasteiger partial charge >= 0.3 is 6.18 Å². The quantitative estimate of drug-likeness (QED) is 0.748. The van der Waals surface area contributed by atoms with Gasteiger partial charge in [-0.05, 0) is 29.8 Å². The van der Waals surface area contributed by atoms with Crippen molar-refractivity contribution in [1.29, 1.82) is 0 Å². The van der Waals surface area contributed by atoms with Crippen molar-refractivity contribution in [3.63, 3.8) is 0 Å². The molecule has 0 aliphatic carbocycles. The number of alkyl halides is 3. The Labute approximate surface area is 151 Å². The zero-order valence-electron chi connectivity index (χ0n) is 13.9. The molecule has 0 aliphatic rings. The largest absolute Gasteiger partial charge is 0.416 e. The highest BCUT2D eigenvalue weighted by molar-refractivity contribution is 5.94. The smallest absolute Gasteiger partial charge is 0.352 e. The standard InChI is InChI=1S/C18H15F5N2O2/c19-13-4-5-14(15(20)9-13)17(27)24-7-6-16(26)25-10-11-2-1-3-12(8-11)18(21,22)23/h1-5,8-9H,6-7,10H2,(H,24,27)(H,25,26). The highest BCUT2D eigenvalue weighted by Gasteiger charge is 2.30. The summed E-state index contributed by atoms with van der Waals surface area (Å²) in [6, 6.07) is 7.01. The van der Waals surface area contributed by atoms with E-state index in [4.69, 9.17) is 0 Å². The fourth-order valence-corrected chi connectivity index (χ4v) is 2.21. The second kappa shape index (κ2) is 8.61. The topological polar surface area (TPSA) is 58.2 Å². The molecule has 0 fully saturated rings. The van der Waals surface area contributed by atoms with Crippen molar-refractivity contribution in [1.82, 2.24) is 10.6 Å². The molecule has 2 amide bonds. The molecule has 2 N–H and O–H groups in total. The van der Waals surface area contributed by atoms with E-state index in [-0.39, 0.29) is 30.6 Å². The minimum absolute atomic E-state index is 0.108. The summed E-state index contributed by atoms with van der Waals surface area (Å²) in [5, 5.41) is 4.74. The third-order valence-electron chi connectivity index (χ3n) is 3.56. The van der Waals surface area contributed by atoms with Crippen LogP contribution in [-0.4, -0.2) is 18.4 Å². The Hall–Kier alpha value is -2.97. The van der Waals surface area contributed by atoms with E-state index in [1.165, 1.54) is 12.1 Å². The van der Waals surface area contributed by atoms with Crippen molar-refractivity contribution < 1.29 is 31.5 Å². The van der Waals surface area contributed by atoms with Crippen molar-refractivity contribution in [2.75, 3.05) is 6.54 Å². The third-order valence-corrected chi connectivity index (χ3v) is 3.56. The van der Waals surface area contributed by atoms with Gasteiger partial charge in [0.25, 0.3) is 5.91 Å². The predicted octanol–water partition coefficient (Wildman–Crippen LogP) is 3.42. The van der Waals surface area contributed by atoms with E-state index >= 15 is 0 Å². The lowest BCUT2D eigenvalue weighted by atomic mass is 10.1. The Morgan fingerprint density at radius 3 is 2.37 bits per heavy atom. The van der Waals surface area contributed by atoms with Crippen LogP contribution in [-0.2, 0) is 17.5 Å². The van der Waals surface area contributed by atoms with E-state index < -0.39 is 35.2 Å². The number of halogens is 5. The van der Waals surface area contributed by atoms with Gasteiger partial charge in [0.05, 0.1) is 11.1 Å². The van der Waals surface area contributed by atoms with Crippen molar-refractivity contribution in [3.8, 4) is 0 Å². The number of rotatable bonds is 6. The maximum atomic E-state index is 13.5. The Morgan fingerprint density at radius 1 is 0.963 bits per heavy atom. The lowest BCUT2D eigenvalue weighted by molar-refractivity contribution is -0.137. The number of nitrogens with one attached hydrogen (secondary N) is 2. The number of benzene rings is 2. The van der Waals surface area contributed by atoms with Crippen molar-refractivity contribution >= 4 is 11.8 Å². The molecule has 0 heterocycles. The van der Waals surface area contributed by atoms with Gasteiger partial charge in [-0.3, -0.25) is 9.59 Å². The number of hydrogen-bond acceptors (Lipinski definition) is 2. The SMILES string of the molecule is O=C(CCNC(=O)c1ccc(F)cc1F)NCc1cccc(C(F)(F)F)c1. The van der Waals surface area contributed by atoms with Crippen LogP contribution in [0.15, 0.2) is 42.5 Å². The van der Waals surface area contributed by atoms with Crippen LogP contribution >= 0.6 is 0 Å². The Morgan fingerprint density at radius 2 is 1.70 bits per heavy atom. The number of amides is 2. The van der Waals surface area contributed by atoms with Crippen molar-refractivity contribution in [2.45, 2.75) is 19.1 Å². The summed E-state index contributed by atoms with van der Waals surface area (Å²) < 4.78 is 64.1. The lowest BCUT2D eigenvalue weighted by Crippen LogP contribution is -2.31. The first-order chi connectivity index (χ1) is 12.7. The Balaban J connectivity index is 1.79. The van der Waals surface area contributed by atoms with E-state index in [2.05, 4.69) is 10.6 Å². The number of carbonyl (C=O) groups is 2. The monoisotopic (exact) mass is 386 g/mol. The van der Waals surface area contributed by atoms with Crippen LogP contribution in [0.2, 0.25) is 0 Å². The summed E-state index contributed by atoms with van der Waals surface area (Å²) in [6.45, 7) is -0.229. The van der Waals surface area contributed by atoms with Crippen LogP contribution in [0.5, 0.6) is 0 Å². The summed E-state index contributed by atoms with van der Waals surface area (Å²) >= 11 is 0. The van der Waals surface area contributed by atoms with Gasteiger partial charge < -0.3 is 10.6 Å². The van der Waals surface area contributed by atoms with Gasteiger partial charge in [0, 0.05) is 25.6 Å². The van der Waals surface area contributed by atoms with E-state index in [1.54, 1.807) is 0 Å². The van der Waals surface area contributed by atoms with Gasteiger partial charge in [-0.1, -0.05) is 12.1 Å². The fourth-order valence-electron chi connectivity index (χ4n) is 2.21. The average molecular weight is 386 g/mol. The summed E-state index contributed by atoms with van der Waals surface area (Å²) in [7, 11) is 0. The summed E-state index contributed by atoms with van der Waals surface area (Å²) in [5.74, 6) is -3.16. The van der Waals surface area contributed by atoms with Gasteiger partial charge in [0.1, 0.15) is 11.6 Å². The molecule has 2 aromatic carbocycles. The molecular weight excluding hydrogens is 371 g/mol. The van der Waals surface area contributed by atoms with Crippen LogP contribution in [0, 0.1) is 11.6 Å². The molecule has 2 aromatic rings. The highest BCUT2D eigenvalue weighted by Crippen LogP contribution is 2.29. The van der Waals surface area contributed by atoms with Crippen molar-refractivity contribution in [3.05, 3.63) is 70.8 Å². The van der Waals surface area contributed by atoms with Gasteiger partial charge in [0.2, 0.25) is 5.91 Å². The molecule has 0 spiro atoms. The van der Waals surface area contributed by atoms with E-state index in [1.807, 2.05) is 0 Å². The van der Waals surface area contributed by atoms with Gasteiger partial charge in [0.15, 0.2) is 0 Å². The minimum Gasteiger partial charge on any atom is -0.352 e. The third kappa shape index (κ3) is 6.05. The molecular formula is C18H15F5N2O2. The average Bonchev–Trinajstić information content (AvgIpc) is 2.59. The van der Waals surface area contributed by atoms with Crippen LogP contribution in [0.1, 0.15) is 27.9 Å². The van der Waals surface area contributed by atoms with Gasteiger partial charge in [-0.2, -0.15) is 13.2 Å². The molecule has 0 unspecified atom stereocenters. The molecule has 4 nitrogen and oxygen atoms in total. The molecule has 27 heavy (non-hydrogen) atoms.